The number of nitrogens with zero attached hydrogens (tertiary/aromatic N) is 2. The molecule has 0 bridgehead atoms. The number of hydrogen-bond acceptors (Lipinski definition) is 4. The van der Waals surface area contributed by atoms with Crippen LogP contribution in [0.15, 0.2) is 42.5 Å². The number of nitrogens with two attached hydrogens (primary N) is 1. The van der Waals surface area contributed by atoms with Crippen molar-refractivity contribution in [1.29, 1.82) is 5.26 Å². The first-order chi connectivity index (χ1) is 13.1. The van der Waals surface area contributed by atoms with Crippen LogP contribution in [-0.2, 0) is 12.8 Å². The largest absolute Gasteiger partial charge is 0.370 e. The van der Waals surface area contributed by atoms with Crippen molar-refractivity contribution in [2.75, 3.05) is 24.5 Å². The maximum atomic E-state index is 12.1. The van der Waals surface area contributed by atoms with E-state index in [4.69, 9.17) is 5.73 Å². The zero-order chi connectivity index (χ0) is 19.2. The Labute approximate surface area is 160 Å². The summed E-state index contributed by atoms with van der Waals surface area (Å²) >= 11 is 0. The van der Waals surface area contributed by atoms with Gasteiger partial charge in [0.25, 0.3) is 5.91 Å². The van der Waals surface area contributed by atoms with E-state index in [9.17, 15) is 10.1 Å². The first-order valence-corrected chi connectivity index (χ1v) is 9.48. The van der Waals surface area contributed by atoms with E-state index in [2.05, 4.69) is 22.4 Å². The molecule has 0 saturated carbocycles. The fraction of sp³-hybridized carbons (Fsp3) is 0.364. The van der Waals surface area contributed by atoms with Crippen molar-refractivity contribution in [1.82, 2.24) is 5.32 Å². The molecule has 1 amide bonds. The van der Waals surface area contributed by atoms with Gasteiger partial charge in [0.15, 0.2) is 0 Å². The second-order valence-corrected chi connectivity index (χ2v) is 7.16. The number of nitrogens with one attached hydrogen (secondary N) is 1. The van der Waals surface area contributed by atoms with Gasteiger partial charge < -0.3 is 16.0 Å². The predicted molar refractivity (Wildman–Crippen MR) is 108 cm³/mol. The van der Waals surface area contributed by atoms with Gasteiger partial charge in [0, 0.05) is 31.2 Å². The zero-order valence-electron chi connectivity index (χ0n) is 15.7. The van der Waals surface area contributed by atoms with Crippen molar-refractivity contribution in [2.45, 2.75) is 32.2 Å². The molecule has 27 heavy (non-hydrogen) atoms. The van der Waals surface area contributed by atoms with E-state index >= 15 is 0 Å². The lowest BCUT2D eigenvalue weighted by Gasteiger charge is -2.21. The van der Waals surface area contributed by atoms with Gasteiger partial charge in [-0.2, -0.15) is 5.26 Å². The van der Waals surface area contributed by atoms with Crippen molar-refractivity contribution in [3.63, 3.8) is 0 Å². The Morgan fingerprint density at radius 3 is 2.81 bits per heavy atom. The summed E-state index contributed by atoms with van der Waals surface area (Å²) in [5.74, 6) is -0.0457. The molecule has 0 aliphatic carbocycles. The molecule has 1 aliphatic rings. The third-order valence-electron chi connectivity index (χ3n) is 4.82. The molecule has 1 atom stereocenters. The number of fused-ring (bicyclic) bond motifs is 1. The van der Waals surface area contributed by atoms with Crippen LogP contribution in [0.4, 0.5) is 5.69 Å². The summed E-state index contributed by atoms with van der Waals surface area (Å²) < 4.78 is 0. The molecule has 1 heterocycles. The first-order valence-electron chi connectivity index (χ1n) is 9.48. The lowest BCUT2D eigenvalue weighted by atomic mass is 9.99. The summed E-state index contributed by atoms with van der Waals surface area (Å²) in [6, 6.07) is 15.8. The molecule has 3 N–H and O–H groups in total. The van der Waals surface area contributed by atoms with Crippen molar-refractivity contribution < 1.29 is 4.79 Å². The van der Waals surface area contributed by atoms with Gasteiger partial charge in [-0.1, -0.05) is 24.3 Å². The van der Waals surface area contributed by atoms with E-state index < -0.39 is 0 Å². The topological polar surface area (TPSA) is 82.2 Å². The monoisotopic (exact) mass is 362 g/mol. The van der Waals surface area contributed by atoms with E-state index in [0.717, 1.165) is 49.2 Å². The Balaban J connectivity index is 1.58. The molecular weight excluding hydrogens is 336 g/mol. The number of amides is 1. The second-order valence-electron chi connectivity index (χ2n) is 7.16. The fourth-order valence-electron chi connectivity index (χ4n) is 3.65. The van der Waals surface area contributed by atoms with Crippen molar-refractivity contribution in [3.8, 4) is 6.07 Å². The average molecular weight is 362 g/mol. The van der Waals surface area contributed by atoms with Gasteiger partial charge in [0.05, 0.1) is 11.3 Å². The Morgan fingerprint density at radius 2 is 2.11 bits per heavy atom. The predicted octanol–water partition coefficient (Wildman–Crippen LogP) is 2.63. The molecule has 5 nitrogen and oxygen atoms in total. The standard InChI is InChI=1S/C22H26N4O/c1-16(24)12-17-13-19-8-11-26(21(19)20(14-17)15-23)10-5-9-25-22(27)18-6-3-2-4-7-18/h2-4,6-7,13-14,16H,5,8-12,24H2,1H3,(H,25,27)/t16-/m1/s1. The second kappa shape index (κ2) is 8.70. The van der Waals surface area contributed by atoms with Gasteiger partial charge in [-0.25, -0.2) is 0 Å². The third kappa shape index (κ3) is 4.66. The number of anilines is 1. The third-order valence-corrected chi connectivity index (χ3v) is 4.82. The lowest BCUT2D eigenvalue weighted by molar-refractivity contribution is 0.0953. The highest BCUT2D eigenvalue weighted by Gasteiger charge is 2.23. The molecule has 5 heteroatoms. The number of carbonyl (C=O) groups excluding carboxylic acids is 1. The summed E-state index contributed by atoms with van der Waals surface area (Å²) in [4.78, 5) is 14.3. The van der Waals surface area contributed by atoms with Crippen LogP contribution in [0.2, 0.25) is 0 Å². The molecule has 2 aromatic rings. The molecule has 0 aromatic heterocycles. The Bertz CT molecular complexity index is 839. The van der Waals surface area contributed by atoms with Gasteiger partial charge in [0.2, 0.25) is 0 Å². The van der Waals surface area contributed by atoms with Crippen LogP contribution in [0.3, 0.4) is 0 Å². The Hall–Kier alpha value is -2.84. The molecule has 2 aromatic carbocycles. The first kappa shape index (κ1) is 18.9. The maximum absolute atomic E-state index is 12.1. The quantitative estimate of drug-likeness (QED) is 0.742. The highest BCUT2D eigenvalue weighted by molar-refractivity contribution is 5.94. The van der Waals surface area contributed by atoms with E-state index in [1.807, 2.05) is 43.3 Å². The molecule has 0 unspecified atom stereocenters. The number of hydrogen-bond donors (Lipinski definition) is 2. The summed E-state index contributed by atoms with van der Waals surface area (Å²) in [6.07, 6.45) is 2.57. The van der Waals surface area contributed by atoms with Gasteiger partial charge in [0.1, 0.15) is 6.07 Å². The smallest absolute Gasteiger partial charge is 0.251 e. The fourth-order valence-corrected chi connectivity index (χ4v) is 3.65. The number of carbonyl (C=O) groups is 1. The minimum Gasteiger partial charge on any atom is -0.370 e. The van der Waals surface area contributed by atoms with Gasteiger partial charge >= 0.3 is 0 Å². The molecule has 0 saturated heterocycles. The van der Waals surface area contributed by atoms with Crippen LogP contribution in [0, 0.1) is 11.3 Å². The van der Waals surface area contributed by atoms with Crippen LogP contribution in [-0.4, -0.2) is 31.6 Å². The van der Waals surface area contributed by atoms with E-state index in [-0.39, 0.29) is 11.9 Å². The zero-order valence-corrected chi connectivity index (χ0v) is 15.7. The molecular formula is C22H26N4O. The van der Waals surface area contributed by atoms with Crippen LogP contribution in [0.25, 0.3) is 0 Å². The summed E-state index contributed by atoms with van der Waals surface area (Å²) in [6.45, 7) is 4.33. The van der Waals surface area contributed by atoms with Crippen molar-refractivity contribution in [2.24, 2.45) is 5.73 Å². The maximum Gasteiger partial charge on any atom is 0.251 e. The number of nitriles is 1. The molecule has 0 radical (unpaired) electrons. The van der Waals surface area contributed by atoms with Crippen molar-refractivity contribution in [3.05, 3.63) is 64.7 Å². The number of benzene rings is 2. The van der Waals surface area contributed by atoms with Crippen LogP contribution >= 0.6 is 0 Å². The Morgan fingerprint density at radius 1 is 1.33 bits per heavy atom. The van der Waals surface area contributed by atoms with Crippen LogP contribution < -0.4 is 16.0 Å². The van der Waals surface area contributed by atoms with Crippen LogP contribution in [0.1, 0.15) is 40.4 Å². The number of rotatable bonds is 7. The van der Waals surface area contributed by atoms with Gasteiger partial charge in [-0.05, 0) is 55.5 Å². The van der Waals surface area contributed by atoms with Crippen LogP contribution in [0.5, 0.6) is 0 Å². The summed E-state index contributed by atoms with van der Waals surface area (Å²) in [7, 11) is 0. The SMILES string of the molecule is C[C@@H](N)Cc1cc(C#N)c2c(c1)CCN2CCCNC(=O)c1ccccc1. The highest BCUT2D eigenvalue weighted by atomic mass is 16.1. The average Bonchev–Trinajstić information content (AvgIpc) is 3.07. The highest BCUT2D eigenvalue weighted by Crippen LogP contribution is 2.33. The molecule has 3 rings (SSSR count). The molecule has 0 fully saturated rings. The van der Waals surface area contributed by atoms with E-state index in [0.29, 0.717) is 12.1 Å². The minimum atomic E-state index is -0.0457. The summed E-state index contributed by atoms with van der Waals surface area (Å²) in [5, 5.41) is 12.5. The normalized spacial score (nSPS) is 13.7. The van der Waals surface area contributed by atoms with Gasteiger partial charge in [-0.15, -0.1) is 0 Å². The van der Waals surface area contributed by atoms with E-state index in [1.54, 1.807) is 0 Å². The Kier molecular flexibility index (Phi) is 6.10. The van der Waals surface area contributed by atoms with E-state index in [1.165, 1.54) is 5.56 Å². The summed E-state index contributed by atoms with van der Waals surface area (Å²) in [5.41, 5.74) is 10.7. The molecule has 0 spiro atoms. The van der Waals surface area contributed by atoms with Gasteiger partial charge in [-0.3, -0.25) is 4.79 Å². The molecule has 1 aliphatic heterocycles. The minimum absolute atomic E-state index is 0.0457. The molecule has 140 valence electrons. The lowest BCUT2D eigenvalue weighted by Crippen LogP contribution is -2.29. The van der Waals surface area contributed by atoms with Crippen molar-refractivity contribution >= 4 is 11.6 Å².